The second-order valence-electron chi connectivity index (χ2n) is 18.4. The highest BCUT2D eigenvalue weighted by Gasteiger charge is 2.42. The van der Waals surface area contributed by atoms with Crippen LogP contribution in [0.15, 0.2) is 48.1 Å². The summed E-state index contributed by atoms with van der Waals surface area (Å²) in [6.07, 6.45) is 8.67. The Morgan fingerprint density at radius 3 is 1.57 bits per heavy atom. The first-order valence-electron chi connectivity index (χ1n) is 17.0. The molecule has 0 nitrogen and oxygen atoms in total. The molecule has 0 heteroatoms. The summed E-state index contributed by atoms with van der Waals surface area (Å²) in [7, 11) is 0. The molecule has 2 aromatic rings. The molecule has 0 saturated carbocycles. The van der Waals surface area contributed by atoms with Crippen molar-refractivity contribution in [3.05, 3.63) is 91.9 Å². The van der Waals surface area contributed by atoms with Crippen molar-refractivity contribution < 1.29 is 0 Å². The maximum atomic E-state index is 2.67. The van der Waals surface area contributed by atoms with Gasteiger partial charge in [-0.05, 0) is 163 Å². The molecule has 0 bridgehead atoms. The summed E-state index contributed by atoms with van der Waals surface area (Å²) in [5.41, 5.74) is 19.7. The van der Waals surface area contributed by atoms with Crippen LogP contribution in [-0.2, 0) is 0 Å². The zero-order valence-corrected chi connectivity index (χ0v) is 30.4. The molecule has 0 aliphatic heterocycles. The van der Waals surface area contributed by atoms with Gasteiger partial charge in [0.05, 0.1) is 0 Å². The summed E-state index contributed by atoms with van der Waals surface area (Å²) < 4.78 is 0. The Balaban J connectivity index is 1.47. The third-order valence-electron chi connectivity index (χ3n) is 11.3. The normalized spacial score (nSPS) is 21.4. The first-order valence-corrected chi connectivity index (χ1v) is 17.0. The van der Waals surface area contributed by atoms with E-state index >= 15 is 0 Å². The van der Waals surface area contributed by atoms with E-state index in [1.807, 2.05) is 0 Å². The zero-order chi connectivity index (χ0) is 32.5. The van der Waals surface area contributed by atoms with Gasteiger partial charge in [-0.25, -0.2) is 0 Å². The molecule has 44 heavy (non-hydrogen) atoms. The fourth-order valence-corrected chi connectivity index (χ4v) is 8.75. The molecule has 2 aromatic carbocycles. The minimum atomic E-state index is -0.000405. The van der Waals surface area contributed by atoms with Crippen LogP contribution in [0.3, 0.4) is 0 Å². The van der Waals surface area contributed by atoms with Crippen LogP contribution >= 0.6 is 0 Å². The fraction of sp³-hybridized carbons (Fsp3) is 0.500. The van der Waals surface area contributed by atoms with Crippen LogP contribution in [0.5, 0.6) is 0 Å². The van der Waals surface area contributed by atoms with Crippen molar-refractivity contribution in [1.29, 1.82) is 0 Å². The molecule has 2 unspecified atom stereocenters. The Hall–Kier alpha value is -2.86. The van der Waals surface area contributed by atoms with Gasteiger partial charge in [0.15, 0.2) is 0 Å². The number of fused-ring (bicyclic) bond motifs is 4. The highest BCUT2D eigenvalue weighted by molar-refractivity contribution is 5.92. The molecule has 0 amide bonds. The van der Waals surface area contributed by atoms with E-state index in [1.165, 1.54) is 71.7 Å². The van der Waals surface area contributed by atoms with Gasteiger partial charge >= 0.3 is 0 Å². The molecule has 6 rings (SSSR count). The molecular weight excluding hydrogens is 528 g/mol. The topological polar surface area (TPSA) is 0 Å². The fourth-order valence-electron chi connectivity index (χ4n) is 8.75. The van der Waals surface area contributed by atoms with Crippen molar-refractivity contribution >= 4 is 33.4 Å². The number of hydrogen-bond acceptors (Lipinski definition) is 0. The zero-order valence-electron chi connectivity index (χ0n) is 30.4. The van der Waals surface area contributed by atoms with Crippen LogP contribution in [0.4, 0.5) is 0 Å². The van der Waals surface area contributed by atoms with Crippen LogP contribution in [0.2, 0.25) is 0 Å². The van der Waals surface area contributed by atoms with Gasteiger partial charge in [0.25, 0.3) is 0 Å². The third-order valence-corrected chi connectivity index (χ3v) is 11.3. The lowest BCUT2D eigenvalue weighted by atomic mass is 9.73. The molecule has 0 saturated heterocycles. The number of allylic oxidation sites excluding steroid dienone is 8. The van der Waals surface area contributed by atoms with Gasteiger partial charge in [0.2, 0.25) is 0 Å². The van der Waals surface area contributed by atoms with Crippen LogP contribution in [0.25, 0.3) is 33.4 Å². The summed E-state index contributed by atoms with van der Waals surface area (Å²) >= 11 is 0. The van der Waals surface area contributed by atoms with Gasteiger partial charge in [-0.1, -0.05) is 94.4 Å². The van der Waals surface area contributed by atoms with Gasteiger partial charge in [0.1, 0.15) is 0 Å². The highest BCUT2D eigenvalue weighted by Crippen LogP contribution is 2.58. The lowest BCUT2D eigenvalue weighted by Crippen LogP contribution is -2.18. The Kier molecular flexibility index (Phi) is 6.78. The monoisotopic (exact) mass is 584 g/mol. The van der Waals surface area contributed by atoms with Crippen molar-refractivity contribution in [1.82, 2.24) is 0 Å². The lowest BCUT2D eigenvalue weighted by Gasteiger charge is -2.31. The largest absolute Gasteiger partial charge is 0.0721 e. The van der Waals surface area contributed by atoms with E-state index in [4.69, 9.17) is 0 Å². The second-order valence-corrected chi connectivity index (χ2v) is 18.4. The standard InChI is InChI=1S/C44H56/c1-24-16-25(2)29-18-31-27(4)36(26(3)30(31)17-28(24)29)23-44(14,15)40-22-39(43(11,12)13)34-19-32-33(20-35(34)40)38(42(8,9)10)21-37(32)41(5,6)7/h16-22,38-39H,23H2,1-15H3. The maximum Gasteiger partial charge on any atom is 0.00790 e. The Labute approximate surface area is 268 Å². The summed E-state index contributed by atoms with van der Waals surface area (Å²) in [5.74, 6) is 0.837. The maximum absolute atomic E-state index is 2.67. The van der Waals surface area contributed by atoms with Crippen molar-refractivity contribution in [2.45, 2.75) is 122 Å². The van der Waals surface area contributed by atoms with Gasteiger partial charge < -0.3 is 0 Å². The van der Waals surface area contributed by atoms with Crippen molar-refractivity contribution in [3.8, 4) is 0 Å². The predicted molar refractivity (Wildman–Crippen MR) is 195 cm³/mol. The van der Waals surface area contributed by atoms with Crippen LogP contribution < -0.4 is 10.4 Å². The van der Waals surface area contributed by atoms with Crippen molar-refractivity contribution in [2.24, 2.45) is 21.7 Å². The van der Waals surface area contributed by atoms with Crippen LogP contribution in [0, 0.1) is 21.7 Å². The van der Waals surface area contributed by atoms with Crippen LogP contribution in [0.1, 0.15) is 155 Å². The van der Waals surface area contributed by atoms with E-state index in [-0.39, 0.29) is 21.7 Å². The number of benzene rings is 2. The quantitative estimate of drug-likeness (QED) is 0.337. The van der Waals surface area contributed by atoms with Gasteiger partial charge in [-0.3, -0.25) is 0 Å². The molecule has 0 N–H and O–H groups in total. The average Bonchev–Trinajstić information content (AvgIpc) is 3.59. The van der Waals surface area contributed by atoms with Crippen molar-refractivity contribution in [3.63, 3.8) is 0 Å². The molecule has 232 valence electrons. The number of rotatable bonds is 3. The third kappa shape index (κ3) is 4.69. The summed E-state index contributed by atoms with van der Waals surface area (Å²) in [4.78, 5) is 0. The Morgan fingerprint density at radius 2 is 1.05 bits per heavy atom. The van der Waals surface area contributed by atoms with E-state index < -0.39 is 0 Å². The molecular formula is C44H56. The number of hydrogen-bond donors (Lipinski definition) is 0. The molecule has 0 radical (unpaired) electrons. The molecule has 0 fully saturated rings. The Morgan fingerprint density at radius 1 is 0.545 bits per heavy atom. The van der Waals surface area contributed by atoms with E-state index in [0.717, 1.165) is 6.42 Å². The van der Waals surface area contributed by atoms with E-state index in [0.29, 0.717) is 11.8 Å². The molecule has 2 atom stereocenters. The predicted octanol–water partition coefficient (Wildman–Crippen LogP) is 11.4. The first-order chi connectivity index (χ1) is 20.1. The SMILES string of the molecule is CC1=CC(C)=c2cc3c(cc21)=C(C)C(CC(C)(C)C1=CC(C(C)(C)C)c2cc4c(cc21)C(C(C)(C)C)C=C4C(C)(C)C)=C3C. The summed E-state index contributed by atoms with van der Waals surface area (Å²) in [5, 5.41) is 2.86. The van der Waals surface area contributed by atoms with Crippen molar-refractivity contribution in [2.75, 3.05) is 0 Å². The van der Waals surface area contributed by atoms with E-state index in [1.54, 1.807) is 11.1 Å². The van der Waals surface area contributed by atoms with Gasteiger partial charge in [-0.15, -0.1) is 0 Å². The molecule has 4 aliphatic carbocycles. The minimum absolute atomic E-state index is 0.000405. The summed E-state index contributed by atoms with van der Waals surface area (Å²) in [6.45, 7) is 35.9. The van der Waals surface area contributed by atoms with E-state index in [9.17, 15) is 0 Å². The molecule has 0 aromatic heterocycles. The average molecular weight is 585 g/mol. The summed E-state index contributed by atoms with van der Waals surface area (Å²) in [6, 6.07) is 10.2. The van der Waals surface area contributed by atoms with Crippen LogP contribution in [-0.4, -0.2) is 0 Å². The minimum Gasteiger partial charge on any atom is -0.0721 e. The van der Waals surface area contributed by atoms with Gasteiger partial charge in [-0.2, -0.15) is 0 Å². The highest BCUT2D eigenvalue weighted by atomic mass is 14.5. The Bertz CT molecular complexity index is 1870. The smallest absolute Gasteiger partial charge is 0.00790 e. The first kappa shape index (κ1) is 31.1. The van der Waals surface area contributed by atoms with Gasteiger partial charge in [0, 0.05) is 11.8 Å². The lowest BCUT2D eigenvalue weighted by molar-refractivity contribution is 0.366. The van der Waals surface area contributed by atoms with E-state index in [2.05, 4.69) is 146 Å². The molecule has 0 spiro atoms. The molecule has 4 aliphatic rings. The molecule has 0 heterocycles. The second kappa shape index (κ2) is 9.57.